The Balaban J connectivity index is 2.19. The number of hydrogen-bond acceptors (Lipinski definition) is 4. The Kier molecular flexibility index (Phi) is 4.75. The molecule has 0 aromatic heterocycles. The third kappa shape index (κ3) is 2.94. The van der Waals surface area contributed by atoms with Gasteiger partial charge in [-0.3, -0.25) is 14.4 Å². The largest absolute Gasteiger partial charge is 0.481 e. The summed E-state index contributed by atoms with van der Waals surface area (Å²) >= 11 is 0. The van der Waals surface area contributed by atoms with Crippen molar-refractivity contribution in [3.05, 3.63) is 65.7 Å². The van der Waals surface area contributed by atoms with Crippen LogP contribution in [0.15, 0.2) is 54.6 Å². The molecule has 1 aliphatic rings. The first kappa shape index (κ1) is 17.7. The molecular formula is C20H19NO5. The van der Waals surface area contributed by atoms with E-state index < -0.39 is 35.7 Å². The highest BCUT2D eigenvalue weighted by Crippen LogP contribution is 2.45. The van der Waals surface area contributed by atoms with Gasteiger partial charge in [0, 0.05) is 5.69 Å². The molecule has 3 rings (SSSR count). The maximum absolute atomic E-state index is 13.0. The summed E-state index contributed by atoms with van der Waals surface area (Å²) in [5.74, 6) is -5.29. The van der Waals surface area contributed by atoms with Crippen molar-refractivity contribution < 1.29 is 24.2 Å². The molecule has 1 saturated heterocycles. The first-order valence-electron chi connectivity index (χ1n) is 8.21. The fraction of sp³-hybridized carbons (Fsp3) is 0.250. The Bertz CT molecular complexity index is 831. The number of hydrogen-bond donors (Lipinski definition) is 1. The van der Waals surface area contributed by atoms with Gasteiger partial charge in [-0.25, -0.2) is 0 Å². The second kappa shape index (κ2) is 7.00. The molecule has 1 heterocycles. The number of rotatable bonds is 4. The van der Waals surface area contributed by atoms with E-state index in [-0.39, 0.29) is 0 Å². The number of aryl methyl sites for hydroxylation is 1. The lowest BCUT2D eigenvalue weighted by Crippen LogP contribution is -2.32. The van der Waals surface area contributed by atoms with Gasteiger partial charge in [-0.05, 0) is 24.6 Å². The van der Waals surface area contributed by atoms with Gasteiger partial charge in [0.25, 0.3) is 0 Å². The normalized spacial score (nSPS) is 22.3. The van der Waals surface area contributed by atoms with Crippen molar-refractivity contribution in [3.63, 3.8) is 0 Å². The second-order valence-electron chi connectivity index (χ2n) is 6.26. The molecule has 3 atom stereocenters. The van der Waals surface area contributed by atoms with Crippen LogP contribution in [0.5, 0.6) is 0 Å². The zero-order valence-corrected chi connectivity index (χ0v) is 14.5. The molecule has 0 aliphatic carbocycles. The van der Waals surface area contributed by atoms with Gasteiger partial charge < -0.3 is 14.7 Å². The lowest BCUT2D eigenvalue weighted by Gasteiger charge is -2.27. The summed E-state index contributed by atoms with van der Waals surface area (Å²) in [4.78, 5) is 38.6. The average Bonchev–Trinajstić information content (AvgIpc) is 2.95. The number of benzene rings is 2. The minimum atomic E-state index is -1.49. The highest BCUT2D eigenvalue weighted by molar-refractivity contribution is 6.12. The van der Waals surface area contributed by atoms with Crippen LogP contribution in [0.1, 0.15) is 17.2 Å². The van der Waals surface area contributed by atoms with E-state index in [9.17, 15) is 19.5 Å². The number of carbonyl (C=O) groups excluding carboxylic acids is 2. The molecule has 26 heavy (non-hydrogen) atoms. The molecule has 0 bridgehead atoms. The predicted molar refractivity (Wildman–Crippen MR) is 94.5 cm³/mol. The van der Waals surface area contributed by atoms with E-state index >= 15 is 0 Å². The van der Waals surface area contributed by atoms with Crippen molar-refractivity contribution in [2.24, 2.45) is 11.8 Å². The molecule has 0 unspecified atom stereocenters. The number of methoxy groups -OCH3 is 1. The molecule has 6 nitrogen and oxygen atoms in total. The minimum Gasteiger partial charge on any atom is -0.481 e. The Morgan fingerprint density at radius 1 is 1.04 bits per heavy atom. The van der Waals surface area contributed by atoms with Crippen molar-refractivity contribution in [2.75, 3.05) is 12.0 Å². The van der Waals surface area contributed by atoms with Crippen molar-refractivity contribution in [1.29, 1.82) is 0 Å². The van der Waals surface area contributed by atoms with Crippen molar-refractivity contribution in [2.45, 2.75) is 13.0 Å². The Morgan fingerprint density at radius 2 is 1.65 bits per heavy atom. The van der Waals surface area contributed by atoms with E-state index in [2.05, 4.69) is 0 Å². The van der Waals surface area contributed by atoms with Gasteiger partial charge in [0.2, 0.25) is 5.91 Å². The zero-order valence-electron chi connectivity index (χ0n) is 14.5. The highest BCUT2D eigenvalue weighted by atomic mass is 16.5. The molecule has 134 valence electrons. The van der Waals surface area contributed by atoms with Gasteiger partial charge in [0.1, 0.15) is 5.92 Å². The lowest BCUT2D eigenvalue weighted by molar-refractivity contribution is -0.156. The molecule has 0 radical (unpaired) electrons. The summed E-state index contributed by atoms with van der Waals surface area (Å²) in [6.07, 6.45) is 0. The smallest absolute Gasteiger partial charge is 0.317 e. The third-order valence-electron chi connectivity index (χ3n) is 4.67. The molecule has 1 N–H and O–H groups in total. The quantitative estimate of drug-likeness (QED) is 0.675. The van der Waals surface area contributed by atoms with Crippen LogP contribution in [-0.4, -0.2) is 30.1 Å². The number of nitrogens with zero attached hydrogens (tertiary/aromatic N) is 1. The van der Waals surface area contributed by atoms with Gasteiger partial charge in [0.05, 0.1) is 13.2 Å². The summed E-state index contributed by atoms with van der Waals surface area (Å²) in [6, 6.07) is 15.4. The topological polar surface area (TPSA) is 83.9 Å². The summed E-state index contributed by atoms with van der Waals surface area (Å²) in [7, 11) is 1.20. The number of esters is 1. The predicted octanol–water partition coefficient (Wildman–Crippen LogP) is 2.57. The van der Waals surface area contributed by atoms with Crippen molar-refractivity contribution in [3.8, 4) is 0 Å². The lowest BCUT2D eigenvalue weighted by atomic mass is 9.86. The number of carboxylic acid groups (broad SMARTS) is 1. The van der Waals surface area contributed by atoms with Gasteiger partial charge >= 0.3 is 11.9 Å². The number of aliphatic carboxylic acids is 1. The number of anilines is 1. The number of carboxylic acids is 1. The average molecular weight is 353 g/mol. The SMILES string of the molecule is COC(=O)[C@@H]1[C@@H](C(=O)O)C(=O)N(c2ccc(C)cc2)[C@H]1c1ccccc1. The van der Waals surface area contributed by atoms with Gasteiger partial charge in [-0.1, -0.05) is 48.0 Å². The summed E-state index contributed by atoms with van der Waals surface area (Å²) in [5, 5.41) is 9.62. The first-order chi connectivity index (χ1) is 12.5. The standard InChI is InChI=1S/C20H19NO5/c1-12-8-10-14(11-9-12)21-17(13-6-4-3-5-7-13)15(20(25)26-2)16(18(21)22)19(23)24/h3-11,15-17H,1-2H3,(H,23,24)/t15-,16-,17+/m1/s1. The molecule has 6 heteroatoms. The van der Waals surface area contributed by atoms with E-state index in [4.69, 9.17) is 4.74 Å². The fourth-order valence-corrected chi connectivity index (χ4v) is 3.44. The van der Waals surface area contributed by atoms with Crippen molar-refractivity contribution >= 4 is 23.5 Å². The monoisotopic (exact) mass is 353 g/mol. The van der Waals surface area contributed by atoms with E-state index in [1.165, 1.54) is 12.0 Å². The van der Waals surface area contributed by atoms with Gasteiger partial charge in [0.15, 0.2) is 5.92 Å². The van der Waals surface area contributed by atoms with E-state index in [1.807, 2.05) is 25.1 Å². The number of carbonyl (C=O) groups is 3. The highest BCUT2D eigenvalue weighted by Gasteiger charge is 2.56. The maximum Gasteiger partial charge on any atom is 0.317 e. The second-order valence-corrected chi connectivity index (χ2v) is 6.26. The van der Waals surface area contributed by atoms with Crippen LogP contribution in [0, 0.1) is 18.8 Å². The van der Waals surface area contributed by atoms with E-state index in [0.717, 1.165) is 5.56 Å². The third-order valence-corrected chi connectivity index (χ3v) is 4.67. The van der Waals surface area contributed by atoms with Crippen LogP contribution < -0.4 is 4.90 Å². The van der Waals surface area contributed by atoms with Crippen LogP contribution in [0.4, 0.5) is 5.69 Å². The Labute approximate surface area is 151 Å². The molecule has 0 saturated carbocycles. The number of amides is 1. The van der Waals surface area contributed by atoms with Crippen molar-refractivity contribution in [1.82, 2.24) is 0 Å². The van der Waals surface area contributed by atoms with Crippen LogP contribution in [-0.2, 0) is 19.1 Å². The Morgan fingerprint density at radius 3 is 2.19 bits per heavy atom. The van der Waals surface area contributed by atoms with Crippen LogP contribution in [0.3, 0.4) is 0 Å². The summed E-state index contributed by atoms with van der Waals surface area (Å²) < 4.78 is 4.84. The summed E-state index contributed by atoms with van der Waals surface area (Å²) in [6.45, 7) is 1.92. The number of ether oxygens (including phenoxy) is 1. The molecule has 1 aliphatic heterocycles. The molecule has 1 fully saturated rings. The van der Waals surface area contributed by atoms with Crippen LogP contribution in [0.2, 0.25) is 0 Å². The van der Waals surface area contributed by atoms with Crippen LogP contribution >= 0.6 is 0 Å². The first-order valence-corrected chi connectivity index (χ1v) is 8.21. The van der Waals surface area contributed by atoms with E-state index in [0.29, 0.717) is 11.3 Å². The van der Waals surface area contributed by atoms with Crippen LogP contribution in [0.25, 0.3) is 0 Å². The molecular weight excluding hydrogens is 334 g/mol. The molecule has 2 aromatic carbocycles. The zero-order chi connectivity index (χ0) is 18.8. The molecule has 1 amide bonds. The maximum atomic E-state index is 13.0. The fourth-order valence-electron chi connectivity index (χ4n) is 3.44. The van der Waals surface area contributed by atoms with E-state index in [1.54, 1.807) is 36.4 Å². The van der Waals surface area contributed by atoms with Gasteiger partial charge in [-0.15, -0.1) is 0 Å². The molecule has 0 spiro atoms. The Hall–Kier alpha value is -3.15. The molecule has 2 aromatic rings. The van der Waals surface area contributed by atoms with Gasteiger partial charge in [-0.2, -0.15) is 0 Å². The summed E-state index contributed by atoms with van der Waals surface area (Å²) in [5.41, 5.74) is 2.24. The minimum absolute atomic E-state index is 0.548.